The van der Waals surface area contributed by atoms with Gasteiger partial charge in [0.15, 0.2) is 0 Å². The molecular weight excluding hydrogens is 289 g/mol. The molecule has 0 heterocycles. The second kappa shape index (κ2) is 7.49. The van der Waals surface area contributed by atoms with Gasteiger partial charge in [-0.1, -0.05) is 0 Å². The van der Waals surface area contributed by atoms with Gasteiger partial charge in [-0.3, -0.25) is 9.59 Å². The van der Waals surface area contributed by atoms with Gasteiger partial charge in [-0.15, -0.1) is 11.8 Å². The van der Waals surface area contributed by atoms with Crippen molar-refractivity contribution in [3.8, 4) is 0 Å². The second-order valence-electron chi connectivity index (χ2n) is 3.80. The lowest BCUT2D eigenvalue weighted by atomic mass is 10.2. The lowest BCUT2D eigenvalue weighted by Gasteiger charge is -2.12. The Kier molecular flexibility index (Phi) is 5.98. The number of amides is 1. The van der Waals surface area contributed by atoms with Crippen molar-refractivity contribution in [1.82, 2.24) is 5.32 Å². The number of halogens is 1. The van der Waals surface area contributed by atoms with Crippen LogP contribution in [-0.2, 0) is 14.4 Å². The zero-order chi connectivity index (χ0) is 15.1. The maximum atomic E-state index is 12.7. The molecule has 6 nitrogen and oxygen atoms in total. The minimum absolute atomic E-state index is 0.0883. The fraction of sp³-hybridized carbons (Fsp3) is 0.250. The van der Waals surface area contributed by atoms with Gasteiger partial charge in [-0.25, -0.2) is 9.18 Å². The molecule has 108 valence electrons. The van der Waals surface area contributed by atoms with Crippen LogP contribution in [0.15, 0.2) is 29.2 Å². The first-order valence-electron chi connectivity index (χ1n) is 5.51. The van der Waals surface area contributed by atoms with E-state index in [1.165, 1.54) is 24.3 Å². The summed E-state index contributed by atoms with van der Waals surface area (Å²) in [5.41, 5.74) is 0. The van der Waals surface area contributed by atoms with Crippen LogP contribution in [0.1, 0.15) is 6.42 Å². The van der Waals surface area contributed by atoms with E-state index in [1.807, 2.05) is 0 Å². The van der Waals surface area contributed by atoms with E-state index in [0.717, 1.165) is 11.8 Å². The lowest BCUT2D eigenvalue weighted by Crippen LogP contribution is -2.43. The molecular formula is C12H12FNO5S. The molecule has 0 saturated heterocycles. The van der Waals surface area contributed by atoms with Gasteiger partial charge < -0.3 is 15.5 Å². The van der Waals surface area contributed by atoms with Gasteiger partial charge in [0.1, 0.15) is 11.9 Å². The molecule has 1 aromatic rings. The van der Waals surface area contributed by atoms with Crippen LogP contribution in [-0.4, -0.2) is 39.9 Å². The maximum Gasteiger partial charge on any atom is 0.326 e. The van der Waals surface area contributed by atoms with Crippen molar-refractivity contribution in [2.75, 3.05) is 5.75 Å². The van der Waals surface area contributed by atoms with E-state index in [-0.39, 0.29) is 5.75 Å². The van der Waals surface area contributed by atoms with Gasteiger partial charge in [-0.2, -0.15) is 0 Å². The molecule has 1 rings (SSSR count). The van der Waals surface area contributed by atoms with Crippen LogP contribution in [0, 0.1) is 5.82 Å². The quantitative estimate of drug-likeness (QED) is 0.648. The van der Waals surface area contributed by atoms with E-state index in [9.17, 15) is 18.8 Å². The summed E-state index contributed by atoms with van der Waals surface area (Å²) < 4.78 is 12.7. The Morgan fingerprint density at radius 2 is 1.80 bits per heavy atom. The summed E-state index contributed by atoms with van der Waals surface area (Å²) in [5.74, 6) is -3.81. The number of hydrogen-bond donors (Lipinski definition) is 3. The highest BCUT2D eigenvalue weighted by atomic mass is 32.2. The Balaban J connectivity index is 2.47. The third kappa shape index (κ3) is 5.70. The average molecular weight is 301 g/mol. The summed E-state index contributed by atoms with van der Waals surface area (Å²) in [7, 11) is 0. The van der Waals surface area contributed by atoms with E-state index in [4.69, 9.17) is 10.2 Å². The number of carbonyl (C=O) groups is 3. The number of rotatable bonds is 7. The average Bonchev–Trinajstić information content (AvgIpc) is 2.36. The predicted molar refractivity (Wildman–Crippen MR) is 68.9 cm³/mol. The van der Waals surface area contributed by atoms with Crippen molar-refractivity contribution in [2.24, 2.45) is 0 Å². The predicted octanol–water partition coefficient (Wildman–Crippen LogP) is 0.962. The highest BCUT2D eigenvalue weighted by Crippen LogP contribution is 2.17. The number of hydrogen-bond acceptors (Lipinski definition) is 4. The number of carboxylic acids is 2. The first kappa shape index (κ1) is 16.0. The summed E-state index contributed by atoms with van der Waals surface area (Å²) in [6.07, 6.45) is -0.692. The Hall–Kier alpha value is -2.09. The Labute approximate surface area is 118 Å². The Morgan fingerprint density at radius 1 is 1.20 bits per heavy atom. The van der Waals surface area contributed by atoms with Crippen molar-refractivity contribution in [2.45, 2.75) is 17.4 Å². The standard InChI is InChI=1S/C12H12FNO5S/c13-7-1-3-8(4-2-7)20-6-10(15)14-9(12(18)19)5-11(16)17/h1-4,9H,5-6H2,(H,14,15)(H,16,17)(H,18,19)/t9-/m0/s1. The second-order valence-corrected chi connectivity index (χ2v) is 4.85. The van der Waals surface area contributed by atoms with Gasteiger partial charge in [0.2, 0.25) is 5.91 Å². The smallest absolute Gasteiger partial charge is 0.326 e. The maximum absolute atomic E-state index is 12.7. The SMILES string of the molecule is O=C(O)C[C@H](NC(=O)CSc1ccc(F)cc1)C(=O)O. The topological polar surface area (TPSA) is 104 Å². The van der Waals surface area contributed by atoms with Crippen LogP contribution in [0.3, 0.4) is 0 Å². The molecule has 20 heavy (non-hydrogen) atoms. The zero-order valence-corrected chi connectivity index (χ0v) is 11.0. The summed E-state index contributed by atoms with van der Waals surface area (Å²) >= 11 is 1.09. The number of carbonyl (C=O) groups excluding carboxylic acids is 1. The number of aliphatic carboxylic acids is 2. The van der Waals surface area contributed by atoms with Gasteiger partial charge >= 0.3 is 11.9 Å². The molecule has 0 aliphatic carbocycles. The summed E-state index contributed by atoms with van der Waals surface area (Å²) in [4.78, 5) is 33.4. The minimum atomic E-state index is -1.46. The van der Waals surface area contributed by atoms with Crippen LogP contribution in [0.5, 0.6) is 0 Å². The van der Waals surface area contributed by atoms with Crippen LogP contribution >= 0.6 is 11.8 Å². The molecule has 0 fully saturated rings. The molecule has 0 aliphatic heterocycles. The number of benzene rings is 1. The summed E-state index contributed by atoms with van der Waals surface area (Å²) in [6, 6.07) is 3.99. The van der Waals surface area contributed by atoms with E-state index in [0.29, 0.717) is 4.90 Å². The van der Waals surface area contributed by atoms with E-state index in [1.54, 1.807) is 0 Å². The number of thioether (sulfide) groups is 1. The third-order valence-corrected chi connectivity index (χ3v) is 3.21. The zero-order valence-electron chi connectivity index (χ0n) is 10.2. The highest BCUT2D eigenvalue weighted by molar-refractivity contribution is 8.00. The van der Waals surface area contributed by atoms with Crippen molar-refractivity contribution in [3.05, 3.63) is 30.1 Å². The van der Waals surface area contributed by atoms with Crippen LogP contribution in [0.4, 0.5) is 4.39 Å². The third-order valence-electron chi connectivity index (χ3n) is 2.20. The van der Waals surface area contributed by atoms with Crippen LogP contribution < -0.4 is 5.32 Å². The molecule has 0 saturated carbocycles. The molecule has 0 aliphatic rings. The van der Waals surface area contributed by atoms with Crippen molar-refractivity contribution in [3.63, 3.8) is 0 Å². The molecule has 0 bridgehead atoms. The van der Waals surface area contributed by atoms with Gasteiger partial charge in [-0.05, 0) is 24.3 Å². The normalized spacial score (nSPS) is 11.7. The first-order chi connectivity index (χ1) is 9.38. The molecule has 1 atom stereocenters. The fourth-order valence-corrected chi connectivity index (χ4v) is 2.00. The van der Waals surface area contributed by atoms with Gasteiger partial charge in [0.25, 0.3) is 0 Å². The van der Waals surface area contributed by atoms with Gasteiger partial charge in [0, 0.05) is 4.90 Å². The number of nitrogens with one attached hydrogen (secondary N) is 1. The molecule has 0 aromatic heterocycles. The van der Waals surface area contributed by atoms with Crippen molar-refractivity contribution in [1.29, 1.82) is 0 Å². The fourth-order valence-electron chi connectivity index (χ4n) is 1.29. The molecule has 0 radical (unpaired) electrons. The van der Waals surface area contributed by atoms with Crippen molar-refractivity contribution >= 4 is 29.6 Å². The van der Waals surface area contributed by atoms with Gasteiger partial charge in [0.05, 0.1) is 12.2 Å². The highest BCUT2D eigenvalue weighted by Gasteiger charge is 2.22. The monoisotopic (exact) mass is 301 g/mol. The molecule has 3 N–H and O–H groups in total. The van der Waals surface area contributed by atoms with E-state index in [2.05, 4.69) is 5.32 Å². The van der Waals surface area contributed by atoms with Crippen LogP contribution in [0.25, 0.3) is 0 Å². The Morgan fingerprint density at radius 3 is 2.30 bits per heavy atom. The molecule has 0 spiro atoms. The number of carboxylic acid groups (broad SMARTS) is 2. The van der Waals surface area contributed by atoms with Crippen molar-refractivity contribution < 1.29 is 29.0 Å². The molecule has 1 aromatic carbocycles. The van der Waals surface area contributed by atoms with E-state index >= 15 is 0 Å². The molecule has 0 unspecified atom stereocenters. The first-order valence-corrected chi connectivity index (χ1v) is 6.49. The van der Waals surface area contributed by atoms with E-state index < -0.39 is 36.1 Å². The molecule has 8 heteroatoms. The lowest BCUT2D eigenvalue weighted by molar-refractivity contribution is -0.147. The van der Waals surface area contributed by atoms with Crippen LogP contribution in [0.2, 0.25) is 0 Å². The summed E-state index contributed by atoms with van der Waals surface area (Å²) in [6.45, 7) is 0. The Bertz CT molecular complexity index is 505. The molecule has 1 amide bonds. The minimum Gasteiger partial charge on any atom is -0.481 e. The summed E-state index contributed by atoms with van der Waals surface area (Å²) in [5, 5.41) is 19.4. The largest absolute Gasteiger partial charge is 0.481 e.